The number of allylic oxidation sites excluding steroid dienone is 6. The van der Waals surface area contributed by atoms with Crippen molar-refractivity contribution in [3.63, 3.8) is 0 Å². The van der Waals surface area contributed by atoms with Gasteiger partial charge in [-0.15, -0.1) is 23.5 Å². The lowest BCUT2D eigenvalue weighted by Crippen LogP contribution is -2.43. The van der Waals surface area contributed by atoms with Crippen LogP contribution < -0.4 is 0 Å². The third-order valence-electron chi connectivity index (χ3n) is 15.3. The Morgan fingerprint density at radius 1 is 0.448 bits per heavy atom. The minimum absolute atomic E-state index is 0.103. The van der Waals surface area contributed by atoms with Crippen molar-refractivity contribution < 1.29 is 19.1 Å². The van der Waals surface area contributed by atoms with E-state index in [4.69, 9.17) is 9.47 Å². The van der Waals surface area contributed by atoms with Crippen molar-refractivity contribution in [3.8, 4) is 0 Å². The van der Waals surface area contributed by atoms with Crippen LogP contribution in [0.5, 0.6) is 0 Å². The summed E-state index contributed by atoms with van der Waals surface area (Å²) in [5.74, 6) is -0.448. The molecule has 2 aromatic carbocycles. The maximum absolute atomic E-state index is 13.1. The van der Waals surface area contributed by atoms with E-state index in [1.807, 2.05) is 47.8 Å². The quantitative estimate of drug-likeness (QED) is 0.0515. The SMILES string of the molecule is CCCCCCCCCCCCCCCCOC(=O)c1ccc(C2=CC3=C4CCCC4=C4C=C(c5ccc(C(=O)OCCCCCCCCCCCCCCCC)cc5)SC(C)(S2)C34C)cc1. The summed E-state index contributed by atoms with van der Waals surface area (Å²) < 4.78 is 11.3. The van der Waals surface area contributed by atoms with E-state index in [0.717, 1.165) is 49.7 Å². The Kier molecular flexibility index (Phi) is 22.8. The number of benzene rings is 2. The Labute approximate surface area is 416 Å². The largest absolute Gasteiger partial charge is 0.462 e. The number of rotatable bonds is 34. The summed E-state index contributed by atoms with van der Waals surface area (Å²) in [7, 11) is 0. The number of ether oxygens (including phenoxy) is 2. The summed E-state index contributed by atoms with van der Waals surface area (Å²) in [6.07, 6.45) is 45.2. The van der Waals surface area contributed by atoms with Crippen molar-refractivity contribution in [2.45, 2.75) is 231 Å². The third-order valence-corrected chi connectivity index (χ3v) is 18.5. The number of fused-ring (bicyclic) bond motifs is 1. The van der Waals surface area contributed by atoms with Gasteiger partial charge in [0, 0.05) is 15.2 Å². The zero-order valence-electron chi connectivity index (χ0n) is 42.6. The standard InChI is InChI=1S/C61H88O4S2/c1-5-7-9-11-13-15-17-19-21-23-25-27-29-31-44-64-58(62)50-40-36-48(37-41-50)56-46-54-52-34-33-35-53(52)55-47-57(67-61(4,66-56)60(54,55)3)49-38-42-51(43-39-49)59(63)65-45-32-30-28-26-24-22-20-18-16-14-12-10-8-6-2/h36-43,46-47H,5-35,44-45H2,1-4H3. The molecule has 2 aromatic rings. The molecule has 0 unspecified atom stereocenters. The Balaban J connectivity index is 0.929. The molecule has 6 rings (SSSR count). The number of unbranched alkanes of at least 4 members (excludes halogenated alkanes) is 26. The second-order valence-electron chi connectivity index (χ2n) is 20.5. The lowest BCUT2D eigenvalue weighted by molar-refractivity contribution is 0.0488. The molecule has 67 heavy (non-hydrogen) atoms. The minimum atomic E-state index is -0.224. The molecule has 0 aromatic heterocycles. The molecule has 0 saturated heterocycles. The Morgan fingerprint density at radius 2 is 0.746 bits per heavy atom. The van der Waals surface area contributed by atoms with E-state index in [2.05, 4.69) is 64.1 Å². The first-order chi connectivity index (χ1) is 32.8. The lowest BCUT2D eigenvalue weighted by Gasteiger charge is -2.52. The summed E-state index contributed by atoms with van der Waals surface area (Å²) in [5, 5.41) is 0. The number of carbonyl (C=O) groups excluding carboxylic acids is 2. The van der Waals surface area contributed by atoms with Gasteiger partial charge in [-0.1, -0.05) is 205 Å². The van der Waals surface area contributed by atoms with E-state index in [1.54, 1.807) is 11.1 Å². The number of carbonyl (C=O) groups is 2. The van der Waals surface area contributed by atoms with Crippen LogP contribution in [0.4, 0.5) is 0 Å². The zero-order valence-corrected chi connectivity index (χ0v) is 44.2. The van der Waals surface area contributed by atoms with Crippen LogP contribution in [-0.2, 0) is 9.47 Å². The van der Waals surface area contributed by atoms with Crippen LogP contribution >= 0.6 is 23.5 Å². The molecular formula is C61H88O4S2. The van der Waals surface area contributed by atoms with Gasteiger partial charge >= 0.3 is 11.9 Å². The van der Waals surface area contributed by atoms with Gasteiger partial charge in [-0.05, 0) is 116 Å². The van der Waals surface area contributed by atoms with Crippen LogP contribution in [0.3, 0.4) is 0 Å². The van der Waals surface area contributed by atoms with Gasteiger partial charge in [0.25, 0.3) is 0 Å². The summed E-state index contributed by atoms with van der Waals surface area (Å²) in [5.41, 5.74) is 9.46. The predicted octanol–water partition coefficient (Wildman–Crippen LogP) is 19.4. The molecule has 0 spiro atoms. The van der Waals surface area contributed by atoms with Crippen LogP contribution in [-0.4, -0.2) is 29.2 Å². The van der Waals surface area contributed by atoms with Crippen molar-refractivity contribution in [3.05, 3.63) is 105 Å². The molecule has 2 heterocycles. The van der Waals surface area contributed by atoms with Crippen LogP contribution in [0.2, 0.25) is 0 Å². The summed E-state index contributed by atoms with van der Waals surface area (Å²) in [6, 6.07) is 16.2. The lowest BCUT2D eigenvalue weighted by atomic mass is 9.73. The van der Waals surface area contributed by atoms with Crippen molar-refractivity contribution in [1.82, 2.24) is 0 Å². The Bertz CT molecular complexity index is 1830. The maximum Gasteiger partial charge on any atom is 0.338 e. The van der Waals surface area contributed by atoms with E-state index in [0.29, 0.717) is 24.3 Å². The normalized spacial score (nSPS) is 19.6. The highest BCUT2D eigenvalue weighted by atomic mass is 32.2. The molecule has 0 bridgehead atoms. The third kappa shape index (κ3) is 15.3. The Morgan fingerprint density at radius 3 is 1.06 bits per heavy atom. The van der Waals surface area contributed by atoms with Gasteiger partial charge in [0.15, 0.2) is 0 Å². The molecule has 2 aliphatic heterocycles. The predicted molar refractivity (Wildman–Crippen MR) is 290 cm³/mol. The van der Waals surface area contributed by atoms with Gasteiger partial charge < -0.3 is 9.47 Å². The maximum atomic E-state index is 13.1. The molecule has 0 radical (unpaired) electrons. The van der Waals surface area contributed by atoms with E-state index in [9.17, 15) is 9.59 Å². The van der Waals surface area contributed by atoms with Gasteiger partial charge in [0.1, 0.15) is 0 Å². The van der Waals surface area contributed by atoms with Crippen molar-refractivity contribution in [1.29, 1.82) is 0 Å². The fourth-order valence-corrected chi connectivity index (χ4v) is 14.2. The zero-order chi connectivity index (χ0) is 47.2. The first-order valence-electron chi connectivity index (χ1n) is 27.6. The number of esters is 2. The number of hydrogen-bond donors (Lipinski definition) is 0. The van der Waals surface area contributed by atoms with Crippen molar-refractivity contribution in [2.24, 2.45) is 5.41 Å². The fraction of sp³-hybridized carbons (Fsp3) is 0.639. The van der Waals surface area contributed by atoms with Crippen LogP contribution in [0.1, 0.15) is 259 Å². The summed E-state index contributed by atoms with van der Waals surface area (Å²) in [4.78, 5) is 28.6. The highest BCUT2D eigenvalue weighted by Gasteiger charge is 2.59. The molecule has 368 valence electrons. The summed E-state index contributed by atoms with van der Waals surface area (Å²) >= 11 is 3.91. The van der Waals surface area contributed by atoms with Crippen molar-refractivity contribution in [2.75, 3.05) is 13.2 Å². The second-order valence-corrected chi connectivity index (χ2v) is 23.7. The molecule has 2 aliphatic carbocycles. The molecule has 0 N–H and O–H groups in total. The van der Waals surface area contributed by atoms with Gasteiger partial charge in [-0.25, -0.2) is 9.59 Å². The molecule has 4 aliphatic rings. The smallest absolute Gasteiger partial charge is 0.338 e. The molecular weight excluding hydrogens is 861 g/mol. The van der Waals surface area contributed by atoms with E-state index < -0.39 is 0 Å². The first-order valence-corrected chi connectivity index (χ1v) is 29.3. The van der Waals surface area contributed by atoms with E-state index in [1.165, 1.54) is 181 Å². The molecule has 6 heteroatoms. The van der Waals surface area contributed by atoms with Gasteiger partial charge in [-0.3, -0.25) is 0 Å². The van der Waals surface area contributed by atoms with Gasteiger partial charge in [-0.2, -0.15) is 0 Å². The highest BCUT2D eigenvalue weighted by molar-refractivity contribution is 8.26. The first kappa shape index (κ1) is 53.4. The number of thioether (sulfide) groups is 2. The molecule has 4 nitrogen and oxygen atoms in total. The number of hydrogen-bond acceptors (Lipinski definition) is 6. The molecule has 1 fully saturated rings. The minimum Gasteiger partial charge on any atom is -0.462 e. The second kappa shape index (κ2) is 28.6. The fourth-order valence-electron chi connectivity index (χ4n) is 10.9. The van der Waals surface area contributed by atoms with Gasteiger partial charge in [0.05, 0.1) is 28.4 Å². The van der Waals surface area contributed by atoms with Crippen LogP contribution in [0, 0.1) is 5.41 Å². The molecule has 1 saturated carbocycles. The molecule has 0 amide bonds. The highest BCUT2D eigenvalue weighted by Crippen LogP contribution is 2.73. The average Bonchev–Trinajstić information content (AvgIpc) is 3.91. The Hall–Kier alpha value is -2.96. The summed E-state index contributed by atoms with van der Waals surface area (Å²) in [6.45, 7) is 10.4. The molecule has 0 atom stereocenters. The monoisotopic (exact) mass is 949 g/mol. The van der Waals surface area contributed by atoms with E-state index >= 15 is 0 Å². The average molecular weight is 950 g/mol. The van der Waals surface area contributed by atoms with E-state index in [-0.39, 0.29) is 21.4 Å². The van der Waals surface area contributed by atoms with Gasteiger partial charge in [0.2, 0.25) is 0 Å². The van der Waals surface area contributed by atoms with Crippen LogP contribution in [0.25, 0.3) is 9.81 Å². The van der Waals surface area contributed by atoms with Crippen LogP contribution in [0.15, 0.2) is 83.0 Å². The van der Waals surface area contributed by atoms with Crippen molar-refractivity contribution >= 4 is 45.3 Å². The topological polar surface area (TPSA) is 52.6 Å².